The van der Waals surface area contributed by atoms with E-state index in [9.17, 15) is 9.59 Å². The number of hydrogen-bond acceptors (Lipinski definition) is 5. The first-order chi connectivity index (χ1) is 16.1. The molecule has 4 aliphatic rings. The molecule has 0 N–H and O–H groups in total. The predicted molar refractivity (Wildman–Crippen MR) is 133 cm³/mol. The maximum atomic E-state index is 13.0. The Bertz CT molecular complexity index is 1100. The minimum Gasteiger partial charge on any atom is -0.490 e. The summed E-state index contributed by atoms with van der Waals surface area (Å²) in [6.07, 6.45) is 7.73. The molecule has 1 aliphatic heterocycles. The van der Waals surface area contributed by atoms with E-state index in [4.69, 9.17) is 9.47 Å². The number of fused-ring (bicyclic) bond motifs is 1. The summed E-state index contributed by atoms with van der Waals surface area (Å²) in [6, 6.07) is 13.7. The number of hydrogen-bond donors (Lipinski definition) is 0. The molecule has 6 rings (SSSR count). The Morgan fingerprint density at radius 3 is 2.30 bits per heavy atom. The van der Waals surface area contributed by atoms with Gasteiger partial charge in [0, 0.05) is 0 Å². The molecule has 0 unspecified atom stereocenters. The van der Waals surface area contributed by atoms with Crippen LogP contribution in [0, 0.1) is 27.2 Å². The summed E-state index contributed by atoms with van der Waals surface area (Å²) in [5.41, 5.74) is 1.81. The maximum Gasteiger partial charge on any atom is 0.254 e. The average molecular weight is 556 g/mol. The van der Waals surface area contributed by atoms with E-state index in [0.717, 1.165) is 32.5 Å². The number of amides is 2. The third-order valence-electron chi connectivity index (χ3n) is 6.62. The minimum atomic E-state index is -0.258. The van der Waals surface area contributed by atoms with E-state index in [0.29, 0.717) is 24.7 Å². The number of imide groups is 1. The number of halogens is 1. The quantitative estimate of drug-likeness (QED) is 0.213. The zero-order chi connectivity index (χ0) is 22.9. The van der Waals surface area contributed by atoms with Gasteiger partial charge in [-0.2, -0.15) is 10.1 Å². The number of carbonyl (C=O) groups is 2. The second-order valence-electron chi connectivity index (χ2n) is 8.61. The van der Waals surface area contributed by atoms with Crippen molar-refractivity contribution in [3.63, 3.8) is 0 Å². The second-order valence-corrected chi connectivity index (χ2v) is 9.77. The van der Waals surface area contributed by atoms with Crippen molar-refractivity contribution in [1.82, 2.24) is 5.01 Å². The standard InChI is InChI=1S/C26H25IN2O4/c1-2-32-21-13-17(12-20(27)24(21)33-15-16-6-4-3-5-7-16)14-28-29-25(30)22-18-8-9-19(11-10-18)23(22)26(29)31/h3-9,12-14,18-19,22-23H,2,10-11,15H2,1H3/b28-14-/t18-,19-,22-,23+/m0/s1. The van der Waals surface area contributed by atoms with Crippen molar-refractivity contribution in [2.24, 2.45) is 28.8 Å². The summed E-state index contributed by atoms with van der Waals surface area (Å²) < 4.78 is 12.8. The van der Waals surface area contributed by atoms with Crippen LogP contribution in [-0.4, -0.2) is 29.6 Å². The number of rotatable bonds is 7. The molecule has 2 aromatic rings. The van der Waals surface area contributed by atoms with Crippen molar-refractivity contribution in [3.8, 4) is 11.5 Å². The van der Waals surface area contributed by atoms with Crippen LogP contribution < -0.4 is 9.47 Å². The number of hydrazone groups is 1. The Morgan fingerprint density at radius 2 is 1.70 bits per heavy atom. The fraction of sp³-hybridized carbons (Fsp3) is 0.346. The first-order valence-corrected chi connectivity index (χ1v) is 12.4. The molecular formula is C26H25IN2O4. The van der Waals surface area contributed by atoms with Crippen LogP contribution in [0.25, 0.3) is 0 Å². The van der Waals surface area contributed by atoms with Gasteiger partial charge in [0.2, 0.25) is 0 Å². The molecule has 1 heterocycles. The highest BCUT2D eigenvalue weighted by Gasteiger charge is 2.56. The topological polar surface area (TPSA) is 68.2 Å². The highest BCUT2D eigenvalue weighted by Crippen LogP contribution is 2.49. The van der Waals surface area contributed by atoms with Crippen molar-refractivity contribution in [1.29, 1.82) is 0 Å². The molecule has 6 nitrogen and oxygen atoms in total. The molecule has 2 bridgehead atoms. The summed E-state index contributed by atoms with van der Waals surface area (Å²) in [6.45, 7) is 2.83. The van der Waals surface area contributed by atoms with E-state index in [1.807, 2.05) is 49.4 Å². The zero-order valence-electron chi connectivity index (χ0n) is 18.3. The van der Waals surface area contributed by atoms with Gasteiger partial charge < -0.3 is 9.47 Å². The lowest BCUT2D eigenvalue weighted by Gasteiger charge is -2.37. The summed E-state index contributed by atoms with van der Waals surface area (Å²) in [4.78, 5) is 26.0. The molecule has 7 heteroatoms. The van der Waals surface area contributed by atoms with Crippen LogP contribution in [0.2, 0.25) is 0 Å². The first kappa shape index (κ1) is 22.1. The van der Waals surface area contributed by atoms with Crippen molar-refractivity contribution in [2.45, 2.75) is 26.4 Å². The Labute approximate surface area is 206 Å². The van der Waals surface area contributed by atoms with Gasteiger partial charge in [-0.15, -0.1) is 0 Å². The maximum absolute atomic E-state index is 13.0. The van der Waals surface area contributed by atoms with E-state index in [1.165, 1.54) is 0 Å². The predicted octanol–water partition coefficient (Wildman–Crippen LogP) is 4.80. The van der Waals surface area contributed by atoms with Crippen LogP contribution in [0.3, 0.4) is 0 Å². The normalized spacial score (nSPS) is 25.7. The number of nitrogens with zero attached hydrogens (tertiary/aromatic N) is 2. The van der Waals surface area contributed by atoms with Crippen LogP contribution in [0.15, 0.2) is 59.7 Å². The van der Waals surface area contributed by atoms with Gasteiger partial charge in [-0.05, 0) is 77.5 Å². The molecule has 0 spiro atoms. The van der Waals surface area contributed by atoms with Crippen molar-refractivity contribution in [3.05, 3.63) is 69.3 Å². The lowest BCUT2D eigenvalue weighted by atomic mass is 9.63. The van der Waals surface area contributed by atoms with E-state index in [2.05, 4.69) is 39.8 Å². The van der Waals surface area contributed by atoms with Gasteiger partial charge in [0.05, 0.1) is 28.2 Å². The van der Waals surface area contributed by atoms with Crippen LogP contribution >= 0.6 is 22.6 Å². The first-order valence-electron chi connectivity index (χ1n) is 11.3. The lowest BCUT2D eigenvalue weighted by Crippen LogP contribution is -2.38. The van der Waals surface area contributed by atoms with Crippen LogP contribution in [0.5, 0.6) is 11.5 Å². The molecule has 170 valence electrons. The van der Waals surface area contributed by atoms with E-state index in [-0.39, 0.29) is 35.5 Å². The van der Waals surface area contributed by atoms with E-state index >= 15 is 0 Å². The molecule has 2 aromatic carbocycles. The Hall–Kier alpha value is -2.68. The van der Waals surface area contributed by atoms with E-state index < -0.39 is 0 Å². The summed E-state index contributed by atoms with van der Waals surface area (Å²) >= 11 is 2.21. The molecule has 1 saturated carbocycles. The number of allylic oxidation sites excluding steroid dienone is 2. The lowest BCUT2D eigenvalue weighted by molar-refractivity contribution is -0.140. The molecule has 0 aromatic heterocycles. The Balaban J connectivity index is 1.36. The molecular weight excluding hydrogens is 531 g/mol. The molecule has 2 fully saturated rings. The number of carbonyl (C=O) groups excluding carboxylic acids is 2. The third kappa shape index (κ3) is 4.18. The third-order valence-corrected chi connectivity index (χ3v) is 7.42. The molecule has 33 heavy (non-hydrogen) atoms. The Kier molecular flexibility index (Phi) is 6.23. The number of ether oxygens (including phenoxy) is 2. The SMILES string of the molecule is CCOc1cc(/C=N\N2C(=O)[C@@H]3[C@H](C2=O)[C@H]2C=C[C@H]3CC2)cc(I)c1OCc1ccccc1. The van der Waals surface area contributed by atoms with Crippen molar-refractivity contribution in [2.75, 3.05) is 6.61 Å². The van der Waals surface area contributed by atoms with Gasteiger partial charge in [-0.3, -0.25) is 9.59 Å². The molecule has 1 saturated heterocycles. The largest absolute Gasteiger partial charge is 0.490 e. The molecule has 4 atom stereocenters. The van der Waals surface area contributed by atoms with Crippen LogP contribution in [0.1, 0.15) is 30.9 Å². The van der Waals surface area contributed by atoms with Gasteiger partial charge in [-0.1, -0.05) is 42.5 Å². The molecule has 0 radical (unpaired) electrons. The summed E-state index contributed by atoms with van der Waals surface area (Å²) in [7, 11) is 0. The monoisotopic (exact) mass is 556 g/mol. The van der Waals surface area contributed by atoms with Gasteiger partial charge >= 0.3 is 0 Å². The summed E-state index contributed by atoms with van der Waals surface area (Å²) in [5.74, 6) is 0.715. The van der Waals surface area contributed by atoms with Crippen molar-refractivity contribution < 1.29 is 19.1 Å². The fourth-order valence-corrected chi connectivity index (χ4v) is 5.87. The van der Waals surface area contributed by atoms with Crippen LogP contribution in [-0.2, 0) is 16.2 Å². The zero-order valence-corrected chi connectivity index (χ0v) is 20.5. The second kappa shape index (κ2) is 9.29. The van der Waals surface area contributed by atoms with Gasteiger partial charge in [-0.25, -0.2) is 0 Å². The highest BCUT2D eigenvalue weighted by atomic mass is 127. The average Bonchev–Trinajstić information content (AvgIpc) is 3.10. The minimum absolute atomic E-state index is 0.156. The number of benzene rings is 2. The van der Waals surface area contributed by atoms with Crippen molar-refractivity contribution >= 4 is 40.6 Å². The molecule has 2 amide bonds. The van der Waals surface area contributed by atoms with Gasteiger partial charge in [0.25, 0.3) is 11.8 Å². The highest BCUT2D eigenvalue weighted by molar-refractivity contribution is 14.1. The smallest absolute Gasteiger partial charge is 0.254 e. The van der Waals surface area contributed by atoms with Crippen LogP contribution in [0.4, 0.5) is 0 Å². The Morgan fingerprint density at radius 1 is 1.03 bits per heavy atom. The van der Waals surface area contributed by atoms with Gasteiger partial charge in [0.1, 0.15) is 6.61 Å². The van der Waals surface area contributed by atoms with E-state index in [1.54, 1.807) is 6.21 Å². The van der Waals surface area contributed by atoms with Gasteiger partial charge in [0.15, 0.2) is 11.5 Å². The fourth-order valence-electron chi connectivity index (χ4n) is 5.09. The molecule has 3 aliphatic carbocycles. The summed E-state index contributed by atoms with van der Waals surface area (Å²) in [5, 5.41) is 5.41.